The lowest BCUT2D eigenvalue weighted by Gasteiger charge is -2.24. The number of rotatable bonds is 7. The molecule has 0 unspecified atom stereocenters. The van der Waals surface area contributed by atoms with Crippen LogP contribution in [0.1, 0.15) is 39.0 Å². The van der Waals surface area contributed by atoms with Crippen molar-refractivity contribution in [3.8, 4) is 0 Å². The average Bonchev–Trinajstić information content (AvgIpc) is 2.94. The van der Waals surface area contributed by atoms with Crippen LogP contribution in [0.5, 0.6) is 0 Å². The molecule has 26 heavy (non-hydrogen) atoms. The van der Waals surface area contributed by atoms with Crippen LogP contribution in [0.3, 0.4) is 0 Å². The van der Waals surface area contributed by atoms with Crippen molar-refractivity contribution in [1.29, 1.82) is 0 Å². The number of nitrogens with two attached hydrogens (primary N) is 1. The third kappa shape index (κ3) is 6.62. The number of carbonyl (C=O) groups excluding carboxylic acids is 2. The predicted molar refractivity (Wildman–Crippen MR) is 109 cm³/mol. The highest BCUT2D eigenvalue weighted by Crippen LogP contribution is 2.28. The van der Waals surface area contributed by atoms with Crippen LogP contribution in [-0.2, 0) is 9.59 Å². The average molecular weight is 423 g/mol. The number of amides is 2. The molecule has 1 aromatic carbocycles. The third-order valence-corrected chi connectivity index (χ3v) is 5.09. The lowest BCUT2D eigenvalue weighted by molar-refractivity contribution is -0.135. The number of hydrogen-bond donors (Lipinski definition) is 2. The fourth-order valence-corrected chi connectivity index (χ4v) is 3.64. The molecule has 0 saturated heterocycles. The fraction of sp³-hybridized carbons (Fsp3) is 0.556. The van der Waals surface area contributed by atoms with E-state index in [1.165, 1.54) is 0 Å². The molecule has 0 bridgehead atoms. The molecule has 1 fully saturated rings. The van der Waals surface area contributed by atoms with Gasteiger partial charge in [0.05, 0.1) is 17.3 Å². The maximum atomic E-state index is 12.6. The van der Waals surface area contributed by atoms with Gasteiger partial charge < -0.3 is 16.0 Å². The lowest BCUT2D eigenvalue weighted by Crippen LogP contribution is -2.40. The number of anilines is 1. The minimum absolute atomic E-state index is 0. The van der Waals surface area contributed by atoms with Gasteiger partial charge in [0.15, 0.2) is 0 Å². The summed E-state index contributed by atoms with van der Waals surface area (Å²) in [5.74, 6) is -0.0658. The molecule has 1 aromatic rings. The van der Waals surface area contributed by atoms with Crippen molar-refractivity contribution >= 4 is 53.1 Å². The zero-order valence-corrected chi connectivity index (χ0v) is 17.2. The van der Waals surface area contributed by atoms with Gasteiger partial charge in [0, 0.05) is 24.0 Å². The van der Waals surface area contributed by atoms with E-state index in [0.29, 0.717) is 28.7 Å². The fourth-order valence-electron chi connectivity index (χ4n) is 3.19. The normalized spacial score (nSPS) is 18.9. The van der Waals surface area contributed by atoms with Crippen LogP contribution in [0.4, 0.5) is 5.69 Å². The Labute approximate surface area is 171 Å². The van der Waals surface area contributed by atoms with Crippen LogP contribution in [0.25, 0.3) is 0 Å². The molecule has 8 heteroatoms. The molecule has 146 valence electrons. The van der Waals surface area contributed by atoms with Gasteiger partial charge in [0.2, 0.25) is 11.8 Å². The van der Waals surface area contributed by atoms with E-state index in [1.54, 1.807) is 23.1 Å². The molecule has 3 N–H and O–H groups in total. The summed E-state index contributed by atoms with van der Waals surface area (Å²) in [4.78, 5) is 26.5. The van der Waals surface area contributed by atoms with Gasteiger partial charge in [-0.15, -0.1) is 12.4 Å². The zero-order valence-electron chi connectivity index (χ0n) is 14.8. The molecule has 2 amide bonds. The first kappa shape index (κ1) is 23.0. The van der Waals surface area contributed by atoms with Crippen LogP contribution < -0.4 is 11.1 Å². The Kier molecular flexibility index (Phi) is 9.72. The molecule has 0 aromatic heterocycles. The van der Waals surface area contributed by atoms with Gasteiger partial charge in [0.25, 0.3) is 0 Å². The van der Waals surface area contributed by atoms with E-state index in [2.05, 4.69) is 5.32 Å². The summed E-state index contributed by atoms with van der Waals surface area (Å²) in [6, 6.07) is 4.95. The molecule has 1 saturated carbocycles. The number of nitrogens with zero attached hydrogens (tertiary/aromatic N) is 1. The minimum atomic E-state index is -0.276. The second kappa shape index (κ2) is 11.0. The Hall–Kier alpha value is -1.01. The van der Waals surface area contributed by atoms with Crippen LogP contribution in [-0.4, -0.2) is 35.8 Å². The number of halogens is 3. The van der Waals surface area contributed by atoms with E-state index in [1.807, 2.05) is 6.92 Å². The van der Waals surface area contributed by atoms with Crippen molar-refractivity contribution in [2.75, 3.05) is 18.4 Å². The van der Waals surface area contributed by atoms with Gasteiger partial charge in [-0.2, -0.15) is 0 Å². The van der Waals surface area contributed by atoms with Crippen LogP contribution in [0.2, 0.25) is 10.0 Å². The van der Waals surface area contributed by atoms with Gasteiger partial charge in [-0.1, -0.05) is 36.5 Å². The SMILES string of the molecule is CCCN(CC(=O)Nc1ccc(Cl)cc1Cl)C(=O)C[C@@H]1CCC[C@H]1N.Cl. The first-order valence-corrected chi connectivity index (χ1v) is 9.44. The largest absolute Gasteiger partial charge is 0.333 e. The Morgan fingerprint density at radius 1 is 1.31 bits per heavy atom. The summed E-state index contributed by atoms with van der Waals surface area (Å²) < 4.78 is 0. The minimum Gasteiger partial charge on any atom is -0.333 e. The van der Waals surface area contributed by atoms with Gasteiger partial charge in [-0.25, -0.2) is 0 Å². The first-order valence-electron chi connectivity index (χ1n) is 8.69. The highest BCUT2D eigenvalue weighted by atomic mass is 35.5. The van der Waals surface area contributed by atoms with E-state index in [0.717, 1.165) is 25.7 Å². The number of nitrogens with one attached hydrogen (secondary N) is 1. The predicted octanol–water partition coefficient (Wildman–Crippen LogP) is 4.11. The Morgan fingerprint density at radius 2 is 2.04 bits per heavy atom. The summed E-state index contributed by atoms with van der Waals surface area (Å²) >= 11 is 11.9. The highest BCUT2D eigenvalue weighted by molar-refractivity contribution is 6.36. The van der Waals surface area contributed by atoms with E-state index in [4.69, 9.17) is 28.9 Å². The number of benzene rings is 1. The standard InChI is InChI=1S/C18H25Cl2N3O2.ClH/c1-2-8-23(18(25)9-12-4-3-5-15(12)21)11-17(24)22-16-7-6-13(19)10-14(16)20;/h6-7,10,12,15H,2-5,8-9,11,21H2,1H3,(H,22,24);1H/t12-,15+;/m0./s1. The Bertz CT molecular complexity index is 628. The van der Waals surface area contributed by atoms with E-state index < -0.39 is 0 Å². The van der Waals surface area contributed by atoms with Crippen molar-refractivity contribution in [3.05, 3.63) is 28.2 Å². The third-order valence-electron chi connectivity index (χ3n) is 4.54. The lowest BCUT2D eigenvalue weighted by atomic mass is 9.99. The van der Waals surface area contributed by atoms with Gasteiger partial charge >= 0.3 is 0 Å². The molecule has 2 atom stereocenters. The number of hydrogen-bond acceptors (Lipinski definition) is 3. The molecule has 0 spiro atoms. The van der Waals surface area contributed by atoms with Crippen molar-refractivity contribution in [3.63, 3.8) is 0 Å². The Balaban J connectivity index is 0.00000338. The quantitative estimate of drug-likeness (QED) is 0.694. The molecule has 5 nitrogen and oxygen atoms in total. The van der Waals surface area contributed by atoms with E-state index in [-0.39, 0.29) is 42.7 Å². The van der Waals surface area contributed by atoms with Crippen molar-refractivity contribution in [1.82, 2.24) is 4.90 Å². The topological polar surface area (TPSA) is 75.4 Å². The molecule has 2 rings (SSSR count). The van der Waals surface area contributed by atoms with Crippen molar-refractivity contribution in [2.45, 2.75) is 45.1 Å². The Morgan fingerprint density at radius 3 is 2.62 bits per heavy atom. The summed E-state index contributed by atoms with van der Waals surface area (Å²) in [5.41, 5.74) is 6.54. The molecule has 1 aliphatic carbocycles. The van der Waals surface area contributed by atoms with Gasteiger partial charge in [-0.05, 0) is 43.4 Å². The molecule has 0 radical (unpaired) electrons. The van der Waals surface area contributed by atoms with E-state index in [9.17, 15) is 9.59 Å². The summed E-state index contributed by atoms with van der Waals surface area (Å²) in [7, 11) is 0. The first-order chi connectivity index (χ1) is 11.9. The molecular formula is C18H26Cl3N3O2. The summed E-state index contributed by atoms with van der Waals surface area (Å²) in [5, 5.41) is 3.60. The molecule has 1 aliphatic rings. The molecular weight excluding hydrogens is 397 g/mol. The monoisotopic (exact) mass is 421 g/mol. The smallest absolute Gasteiger partial charge is 0.244 e. The van der Waals surface area contributed by atoms with Gasteiger partial charge in [-0.3, -0.25) is 9.59 Å². The molecule has 0 aliphatic heterocycles. The second-order valence-corrected chi connectivity index (χ2v) is 7.39. The second-order valence-electron chi connectivity index (χ2n) is 6.55. The summed E-state index contributed by atoms with van der Waals surface area (Å²) in [6.45, 7) is 2.53. The van der Waals surface area contributed by atoms with Crippen molar-refractivity contribution in [2.24, 2.45) is 11.7 Å². The van der Waals surface area contributed by atoms with Crippen LogP contribution in [0.15, 0.2) is 18.2 Å². The maximum absolute atomic E-state index is 12.6. The van der Waals surface area contributed by atoms with Gasteiger partial charge in [0.1, 0.15) is 0 Å². The number of carbonyl (C=O) groups is 2. The summed E-state index contributed by atoms with van der Waals surface area (Å²) in [6.07, 6.45) is 4.23. The van der Waals surface area contributed by atoms with Crippen LogP contribution in [0, 0.1) is 5.92 Å². The zero-order chi connectivity index (χ0) is 18.4. The van der Waals surface area contributed by atoms with Crippen molar-refractivity contribution < 1.29 is 9.59 Å². The highest BCUT2D eigenvalue weighted by Gasteiger charge is 2.28. The van der Waals surface area contributed by atoms with Crippen LogP contribution >= 0.6 is 35.6 Å². The van der Waals surface area contributed by atoms with E-state index >= 15 is 0 Å². The maximum Gasteiger partial charge on any atom is 0.244 e. The molecule has 0 heterocycles.